The van der Waals surface area contributed by atoms with Crippen molar-refractivity contribution in [3.05, 3.63) is 240 Å². The first-order chi connectivity index (χ1) is 65.1. The quantitative estimate of drug-likeness (QED) is 0.0304. The molecular formula is C104H123N13O14S5. The second-order valence-corrected chi connectivity index (χ2v) is 41.7. The van der Waals surface area contributed by atoms with Crippen LogP contribution in [0.1, 0.15) is 215 Å². The van der Waals surface area contributed by atoms with E-state index in [0.29, 0.717) is 86.7 Å². The third-order valence-electron chi connectivity index (χ3n) is 25.7. The van der Waals surface area contributed by atoms with Gasteiger partial charge in [0.2, 0.25) is 29.5 Å². The number of aliphatic hydroxyl groups excluding tert-OH is 4. The van der Waals surface area contributed by atoms with Crippen molar-refractivity contribution < 1.29 is 67.6 Å². The van der Waals surface area contributed by atoms with Gasteiger partial charge in [-0.2, -0.15) is 10.2 Å². The van der Waals surface area contributed by atoms with Gasteiger partial charge >= 0.3 is 0 Å². The number of oxazole rings is 2. The van der Waals surface area contributed by atoms with E-state index >= 15 is 0 Å². The lowest BCUT2D eigenvalue weighted by Crippen LogP contribution is -2.44. The highest BCUT2D eigenvalue weighted by molar-refractivity contribution is 7.14. The predicted octanol–water partition coefficient (Wildman–Crippen LogP) is 17.2. The number of amides is 4. The van der Waals surface area contributed by atoms with Gasteiger partial charge in [0.1, 0.15) is 17.9 Å². The molecule has 0 aliphatic carbocycles. The van der Waals surface area contributed by atoms with Crippen molar-refractivity contribution in [3.8, 4) is 41.8 Å². The van der Waals surface area contributed by atoms with E-state index in [4.69, 9.17) is 8.83 Å². The van der Waals surface area contributed by atoms with Gasteiger partial charge in [0.15, 0.2) is 29.0 Å². The van der Waals surface area contributed by atoms with Gasteiger partial charge in [-0.05, 0) is 148 Å². The monoisotopic (exact) mass is 1940 g/mol. The average Bonchev–Trinajstić information content (AvgIpc) is 1.60. The standard InChI is InChI=1S/C26H30N4O3S.2C26H31N3O4S.C26H31N3O3S2/c1-16(2)24(21-5-4-12-28-29-21)26(33)30-14-20(31)13-22(30)23(32)11-8-18-6-9-19(10-7-18)25-17(3)27-15-34-25;1-15(2)24(21-13-33-17(4)28-21)26(32)29-12-20(30)11-22(29)23(31)10-7-18-5-8-19(9-6-18)25-16(3)27-14-34-25;1-15(2)23(25-27-12-16(3)33-25)26(32)29-13-20(30)11-21(29)22(31)10-7-18-5-8-19(9-6-18)24-17(4)28-14-34-24;1-15(2)24(21-13-33-17(4)28-21)26(32)29-12-20(30)11-22(29)23(31)10-7-18-5-8-19(9-6-18)25-16(3)27-14-34-25/h4-7,9-10,12,15-16,20,22,24,31H,8,11,13-14H2,1-3H3;5-6,8-9,13-15,20,22,24,30H,7,10-12H2,1-4H3;5-6,8-9,12,14-15,20-21,23,30H,7,10-11,13H2,1-4H3;5-6,8-9,13-15,20,22,24,30H,7,10-12H2,1-4H3/t2*20-,22+,24-;20-,21+,23-;20-,22+,24-/m1111/s1. The summed E-state index contributed by atoms with van der Waals surface area (Å²) in [6.45, 7) is 29.8. The number of ketones is 4. The van der Waals surface area contributed by atoms with Crippen molar-refractivity contribution in [1.29, 1.82) is 0 Å². The minimum absolute atomic E-state index is 0.00393. The minimum atomic E-state index is -0.709. The molecule has 718 valence electrons. The largest absolute Gasteiger partial charge is 0.449 e. The summed E-state index contributed by atoms with van der Waals surface area (Å²) in [4.78, 5) is 148. The second kappa shape index (κ2) is 46.9. The Kier molecular flexibility index (Phi) is 35.3. The van der Waals surface area contributed by atoms with Gasteiger partial charge in [0, 0.05) is 96.0 Å². The molecule has 4 saturated heterocycles. The van der Waals surface area contributed by atoms with E-state index in [1.165, 1.54) is 22.5 Å². The zero-order valence-electron chi connectivity index (χ0n) is 79.8. The van der Waals surface area contributed by atoms with E-state index in [0.717, 1.165) is 97.5 Å². The molecule has 0 saturated carbocycles. The van der Waals surface area contributed by atoms with E-state index < -0.39 is 72.3 Å². The molecule has 136 heavy (non-hydrogen) atoms. The highest BCUT2D eigenvalue weighted by atomic mass is 32.1. The Labute approximate surface area is 814 Å². The zero-order chi connectivity index (χ0) is 97.5. The highest BCUT2D eigenvalue weighted by Gasteiger charge is 2.47. The van der Waals surface area contributed by atoms with Gasteiger partial charge in [-0.3, -0.25) is 38.4 Å². The number of aliphatic hydroxyl groups is 4. The SMILES string of the molecule is Cc1cnc([C@H](C(=O)N2C[C@H](O)C[C@H]2C(=O)CCc2ccc(-c3scnc3C)cc2)C(C)C)o1.Cc1nc([C@H](C(=O)N2C[C@H](O)C[C@H]2C(=O)CCc2ccc(-c3scnc3C)cc2)C(C)C)co1.Cc1nc([C@H](C(=O)N2C[C@H](O)C[C@H]2C(=O)CCc2ccc(-c3scnc3C)cc2)C(C)C)cs1.Cc1ncsc1-c1ccc(CCC(=O)[C@@H]2C[C@@H](O)CN2C(=O)[C@@H](c2cccnn2)C(C)C)cc1. The van der Waals surface area contributed by atoms with E-state index in [9.17, 15) is 58.8 Å². The van der Waals surface area contributed by atoms with Crippen molar-refractivity contribution in [2.24, 2.45) is 23.7 Å². The summed E-state index contributed by atoms with van der Waals surface area (Å²) in [5, 5.41) is 52.1. The second-order valence-electron chi connectivity index (χ2n) is 37.2. The molecule has 16 rings (SSSR count). The molecule has 12 heterocycles. The number of benzene rings is 4. The lowest BCUT2D eigenvalue weighted by Gasteiger charge is -2.29. The van der Waals surface area contributed by atoms with Crippen LogP contribution in [0.2, 0.25) is 0 Å². The summed E-state index contributed by atoms with van der Waals surface area (Å²) in [5.74, 6) is -1.30. The highest BCUT2D eigenvalue weighted by Crippen LogP contribution is 2.40. The van der Waals surface area contributed by atoms with Crippen molar-refractivity contribution in [2.45, 2.75) is 253 Å². The Hall–Kier alpha value is -11.1. The minimum Gasteiger partial charge on any atom is -0.449 e. The topological polar surface area (TPSA) is 373 Å². The summed E-state index contributed by atoms with van der Waals surface area (Å²) in [6, 6.07) is 33.9. The van der Waals surface area contributed by atoms with Crippen LogP contribution in [0.25, 0.3) is 41.8 Å². The Balaban J connectivity index is 0.000000153. The van der Waals surface area contributed by atoms with E-state index in [-0.39, 0.29) is 116 Å². The number of Topliss-reactive ketones (excluding diaryl/α,β-unsaturated/α-hetero) is 4. The third-order valence-corrected chi connectivity index (χ3v) is 30.4. The van der Waals surface area contributed by atoms with Crippen LogP contribution < -0.4 is 0 Å². The fraction of sp³-hybridized carbons (Fsp3) is 0.452. The summed E-state index contributed by atoms with van der Waals surface area (Å²) in [5.41, 5.74) is 22.1. The van der Waals surface area contributed by atoms with Gasteiger partial charge in [0.25, 0.3) is 0 Å². The summed E-state index contributed by atoms with van der Waals surface area (Å²) in [6.07, 6.45) is 6.66. The molecule has 0 unspecified atom stereocenters. The molecule has 4 N–H and O–H groups in total. The summed E-state index contributed by atoms with van der Waals surface area (Å²) >= 11 is 7.98. The molecular weight excluding hydrogens is 1820 g/mol. The van der Waals surface area contributed by atoms with Gasteiger partial charge in [-0.15, -0.1) is 56.7 Å². The number of nitrogens with zero attached hydrogens (tertiary/aromatic N) is 13. The zero-order valence-corrected chi connectivity index (χ0v) is 83.9. The van der Waals surface area contributed by atoms with Crippen LogP contribution in [0, 0.1) is 72.1 Å². The van der Waals surface area contributed by atoms with Crippen LogP contribution >= 0.6 is 56.7 Å². The third kappa shape index (κ3) is 25.5. The van der Waals surface area contributed by atoms with Crippen molar-refractivity contribution in [1.82, 2.24) is 64.7 Å². The molecule has 0 bridgehead atoms. The van der Waals surface area contributed by atoms with Crippen LogP contribution in [0.3, 0.4) is 0 Å². The van der Waals surface area contributed by atoms with Crippen LogP contribution in [-0.2, 0) is 64.0 Å². The molecule has 4 fully saturated rings. The number of aryl methyl sites for hydroxylation is 11. The number of carbonyl (C=O) groups excluding carboxylic acids is 8. The van der Waals surface area contributed by atoms with Crippen LogP contribution in [-0.4, -0.2) is 207 Å². The maximum atomic E-state index is 13.5. The average molecular weight is 1940 g/mol. The Bertz CT molecular complexity index is 5610. The van der Waals surface area contributed by atoms with E-state index in [2.05, 4.69) is 93.6 Å². The van der Waals surface area contributed by atoms with E-state index in [1.807, 2.05) is 166 Å². The number of likely N-dealkylation sites (tertiary alicyclic amines) is 4. The molecule has 32 heteroatoms. The number of hydrogen-bond donors (Lipinski definition) is 4. The molecule has 0 radical (unpaired) electrons. The predicted molar refractivity (Wildman–Crippen MR) is 529 cm³/mol. The van der Waals surface area contributed by atoms with E-state index in [1.54, 1.807) is 98.4 Å². The smallest absolute Gasteiger partial charge is 0.236 e. The Morgan fingerprint density at radius 1 is 0.382 bits per heavy atom. The van der Waals surface area contributed by atoms with Crippen LogP contribution in [0.15, 0.2) is 164 Å². The molecule has 4 aromatic carbocycles. The van der Waals surface area contributed by atoms with Gasteiger partial charge in [-0.1, -0.05) is 152 Å². The number of carbonyl (C=O) groups is 8. The molecule has 4 aliphatic rings. The number of thiazole rings is 5. The molecule has 8 aromatic heterocycles. The normalized spacial score (nSPS) is 19.0. The molecule has 12 atom stereocenters. The number of rotatable bonds is 32. The molecule has 0 spiro atoms. The van der Waals surface area contributed by atoms with Crippen molar-refractivity contribution >= 4 is 103 Å². The van der Waals surface area contributed by atoms with Crippen molar-refractivity contribution in [2.75, 3.05) is 26.2 Å². The molecule has 4 aliphatic heterocycles. The fourth-order valence-electron chi connectivity index (χ4n) is 18.5. The maximum Gasteiger partial charge on any atom is 0.236 e. The number of hydrogen-bond acceptors (Lipinski definition) is 28. The number of aromatic nitrogens is 9. The lowest BCUT2D eigenvalue weighted by molar-refractivity contribution is -0.140. The fourth-order valence-corrected chi connectivity index (χ4v) is 22.4. The lowest BCUT2D eigenvalue weighted by atomic mass is 9.90. The Morgan fingerprint density at radius 2 is 0.691 bits per heavy atom. The summed E-state index contributed by atoms with van der Waals surface area (Å²) < 4.78 is 11.0. The molecule has 4 amide bonds. The van der Waals surface area contributed by atoms with Crippen molar-refractivity contribution in [3.63, 3.8) is 0 Å². The van der Waals surface area contributed by atoms with Crippen LogP contribution in [0.5, 0.6) is 0 Å². The maximum absolute atomic E-state index is 13.5. The first-order valence-electron chi connectivity index (χ1n) is 46.6. The first kappa shape index (κ1) is 102. The Morgan fingerprint density at radius 3 is 0.941 bits per heavy atom. The first-order valence-corrected chi connectivity index (χ1v) is 51.0. The number of β-amino-alcohol motifs (C(OH)–C–C–N with tert-alkyl or cyclic N) is 4. The van der Waals surface area contributed by atoms with Gasteiger partial charge in [0.05, 0.1) is 159 Å². The summed E-state index contributed by atoms with van der Waals surface area (Å²) in [7, 11) is 0. The van der Waals surface area contributed by atoms with Crippen LogP contribution in [0.4, 0.5) is 0 Å². The molecule has 27 nitrogen and oxygen atoms in total. The van der Waals surface area contributed by atoms with Gasteiger partial charge in [-0.25, -0.2) is 34.9 Å². The van der Waals surface area contributed by atoms with Gasteiger partial charge < -0.3 is 48.9 Å². The molecule has 12 aromatic rings.